The Morgan fingerprint density at radius 3 is 2.65 bits per heavy atom. The first kappa shape index (κ1) is 13.4. The van der Waals surface area contributed by atoms with Gasteiger partial charge >= 0.3 is 0 Å². The van der Waals surface area contributed by atoms with Crippen molar-refractivity contribution in [1.29, 1.82) is 0 Å². The number of hydrogen-bond acceptors (Lipinski definition) is 1. The van der Waals surface area contributed by atoms with Crippen molar-refractivity contribution >= 4 is 15.9 Å². The third-order valence-electron chi connectivity index (χ3n) is 4.29. The van der Waals surface area contributed by atoms with Crippen molar-refractivity contribution in [3.8, 4) is 0 Å². The SMILES string of the molecule is CCCCC1=CC(C)=C(C)C(OC)C2C(Br)C12. The second-order valence-electron chi connectivity index (χ2n) is 5.39. The number of halogens is 1. The second kappa shape index (κ2) is 5.27. The minimum atomic E-state index is 0.305. The van der Waals surface area contributed by atoms with Gasteiger partial charge < -0.3 is 4.74 Å². The third kappa shape index (κ3) is 2.39. The number of fused-ring (bicyclic) bond motifs is 1. The molecule has 96 valence electrons. The number of hydrogen-bond donors (Lipinski definition) is 0. The molecule has 17 heavy (non-hydrogen) atoms. The zero-order valence-electron chi connectivity index (χ0n) is 11.3. The van der Waals surface area contributed by atoms with Gasteiger partial charge in [-0.25, -0.2) is 0 Å². The predicted molar refractivity (Wildman–Crippen MR) is 76.5 cm³/mol. The molecule has 0 heterocycles. The molecule has 0 aromatic rings. The molecule has 0 saturated heterocycles. The summed E-state index contributed by atoms with van der Waals surface area (Å²) in [6.45, 7) is 6.71. The number of methoxy groups -OCH3 is 1. The Labute approximate surface area is 113 Å². The Bertz CT molecular complexity index is 356. The van der Waals surface area contributed by atoms with Gasteiger partial charge in [-0.3, -0.25) is 0 Å². The highest BCUT2D eigenvalue weighted by Crippen LogP contribution is 2.56. The maximum Gasteiger partial charge on any atom is 0.0829 e. The van der Waals surface area contributed by atoms with Gasteiger partial charge in [0.05, 0.1) is 6.10 Å². The van der Waals surface area contributed by atoms with Crippen molar-refractivity contribution in [1.82, 2.24) is 0 Å². The average Bonchev–Trinajstić information content (AvgIpc) is 2.98. The average molecular weight is 299 g/mol. The number of allylic oxidation sites excluding steroid dienone is 3. The molecule has 0 aromatic heterocycles. The Kier molecular flexibility index (Phi) is 4.14. The summed E-state index contributed by atoms with van der Waals surface area (Å²) in [4.78, 5) is 0.624. The van der Waals surface area contributed by atoms with Crippen molar-refractivity contribution in [2.45, 2.75) is 51.0 Å². The van der Waals surface area contributed by atoms with Crippen LogP contribution in [0.5, 0.6) is 0 Å². The molecule has 1 saturated carbocycles. The minimum Gasteiger partial charge on any atom is -0.377 e. The monoisotopic (exact) mass is 298 g/mol. The van der Waals surface area contributed by atoms with Crippen molar-refractivity contribution in [3.63, 3.8) is 0 Å². The van der Waals surface area contributed by atoms with E-state index >= 15 is 0 Å². The van der Waals surface area contributed by atoms with Crippen LogP contribution < -0.4 is 0 Å². The molecule has 1 nitrogen and oxygen atoms in total. The maximum atomic E-state index is 5.71. The predicted octanol–water partition coefficient (Wildman–Crippen LogP) is 4.48. The molecule has 2 aliphatic rings. The fraction of sp³-hybridized carbons (Fsp3) is 0.733. The molecule has 2 rings (SSSR count). The highest BCUT2D eigenvalue weighted by molar-refractivity contribution is 9.09. The molecule has 0 aromatic carbocycles. The minimum absolute atomic E-state index is 0.305. The normalized spacial score (nSPS) is 36.4. The van der Waals surface area contributed by atoms with Crippen LogP contribution in [0.25, 0.3) is 0 Å². The fourth-order valence-electron chi connectivity index (χ4n) is 3.06. The summed E-state index contributed by atoms with van der Waals surface area (Å²) in [6.07, 6.45) is 6.55. The molecule has 0 amide bonds. The Balaban J connectivity index is 2.23. The third-order valence-corrected chi connectivity index (χ3v) is 5.47. The quantitative estimate of drug-likeness (QED) is 0.696. The summed E-state index contributed by atoms with van der Waals surface area (Å²) < 4.78 is 5.71. The van der Waals surface area contributed by atoms with Gasteiger partial charge in [0.15, 0.2) is 0 Å². The van der Waals surface area contributed by atoms with Crippen LogP contribution >= 0.6 is 15.9 Å². The Morgan fingerprint density at radius 2 is 2.06 bits per heavy atom. The van der Waals surface area contributed by atoms with Gasteiger partial charge in [-0.05, 0) is 43.8 Å². The first-order valence-corrected chi connectivity index (χ1v) is 7.58. The summed E-state index contributed by atoms with van der Waals surface area (Å²) in [7, 11) is 1.84. The van der Waals surface area contributed by atoms with Gasteiger partial charge in [0.2, 0.25) is 0 Å². The van der Waals surface area contributed by atoms with E-state index in [9.17, 15) is 0 Å². The summed E-state index contributed by atoms with van der Waals surface area (Å²) in [5.74, 6) is 1.36. The lowest BCUT2D eigenvalue weighted by atomic mass is 10.0. The van der Waals surface area contributed by atoms with Gasteiger partial charge in [0.25, 0.3) is 0 Å². The molecule has 4 unspecified atom stereocenters. The first-order valence-electron chi connectivity index (χ1n) is 6.66. The van der Waals surface area contributed by atoms with E-state index in [4.69, 9.17) is 4.74 Å². The first-order chi connectivity index (χ1) is 8.11. The smallest absolute Gasteiger partial charge is 0.0829 e. The molecule has 0 aliphatic heterocycles. The zero-order valence-corrected chi connectivity index (χ0v) is 12.9. The van der Waals surface area contributed by atoms with Crippen LogP contribution in [0.1, 0.15) is 40.0 Å². The summed E-state index contributed by atoms with van der Waals surface area (Å²) >= 11 is 3.83. The highest BCUT2D eigenvalue weighted by Gasteiger charge is 2.55. The van der Waals surface area contributed by atoms with Gasteiger partial charge in [0.1, 0.15) is 0 Å². The molecular formula is C15H23BrO. The van der Waals surface area contributed by atoms with E-state index in [0.717, 1.165) is 0 Å². The van der Waals surface area contributed by atoms with E-state index in [1.165, 1.54) is 30.4 Å². The van der Waals surface area contributed by atoms with Crippen molar-refractivity contribution < 1.29 is 4.74 Å². The highest BCUT2D eigenvalue weighted by atomic mass is 79.9. The van der Waals surface area contributed by atoms with Gasteiger partial charge in [-0.1, -0.05) is 40.9 Å². The van der Waals surface area contributed by atoms with Crippen LogP contribution in [0.4, 0.5) is 0 Å². The van der Waals surface area contributed by atoms with Gasteiger partial charge in [-0.2, -0.15) is 0 Å². The summed E-state index contributed by atoms with van der Waals surface area (Å²) in [5.41, 5.74) is 4.46. The number of ether oxygens (including phenoxy) is 1. The molecule has 0 bridgehead atoms. The summed E-state index contributed by atoms with van der Waals surface area (Å²) in [6, 6.07) is 0. The standard InChI is InChI=1S/C15H23BrO/c1-5-6-7-11-8-9(2)10(3)15(17-4)13-12(11)14(13)16/h8,12-15H,5-7H2,1-4H3. The number of rotatable bonds is 4. The van der Waals surface area contributed by atoms with E-state index < -0.39 is 0 Å². The molecule has 0 radical (unpaired) electrons. The molecule has 2 aliphatic carbocycles. The maximum absolute atomic E-state index is 5.71. The molecular weight excluding hydrogens is 276 g/mol. The Morgan fingerprint density at radius 1 is 1.35 bits per heavy atom. The van der Waals surface area contributed by atoms with Crippen molar-refractivity contribution in [2.75, 3.05) is 7.11 Å². The molecule has 4 atom stereocenters. The van der Waals surface area contributed by atoms with Crippen LogP contribution in [0.2, 0.25) is 0 Å². The lowest BCUT2D eigenvalue weighted by Crippen LogP contribution is -2.17. The Hall–Kier alpha value is -0.0800. The largest absolute Gasteiger partial charge is 0.377 e. The van der Waals surface area contributed by atoms with Crippen LogP contribution in [-0.2, 0) is 4.74 Å². The second-order valence-corrected chi connectivity index (χ2v) is 6.45. The molecule has 0 spiro atoms. The number of unbranched alkanes of at least 4 members (excludes halogenated alkanes) is 1. The fourth-order valence-corrected chi connectivity index (χ4v) is 4.18. The molecule has 2 heteroatoms. The number of alkyl halides is 1. The lowest BCUT2D eigenvalue weighted by molar-refractivity contribution is 0.111. The van der Waals surface area contributed by atoms with Crippen LogP contribution in [0.15, 0.2) is 22.8 Å². The van der Waals surface area contributed by atoms with E-state index in [1.54, 1.807) is 5.57 Å². The topological polar surface area (TPSA) is 9.23 Å². The summed E-state index contributed by atoms with van der Waals surface area (Å²) in [5, 5.41) is 0. The zero-order chi connectivity index (χ0) is 12.6. The van der Waals surface area contributed by atoms with Crippen molar-refractivity contribution in [2.24, 2.45) is 11.8 Å². The lowest BCUT2D eigenvalue weighted by Gasteiger charge is -2.16. The van der Waals surface area contributed by atoms with Crippen molar-refractivity contribution in [3.05, 3.63) is 22.8 Å². The van der Waals surface area contributed by atoms with Gasteiger partial charge in [-0.15, -0.1) is 0 Å². The molecule has 0 N–H and O–H groups in total. The van der Waals surface area contributed by atoms with Crippen LogP contribution in [0, 0.1) is 11.8 Å². The van der Waals surface area contributed by atoms with Crippen LogP contribution in [-0.4, -0.2) is 18.0 Å². The van der Waals surface area contributed by atoms with E-state index in [0.29, 0.717) is 22.8 Å². The van der Waals surface area contributed by atoms with Gasteiger partial charge in [0, 0.05) is 17.9 Å². The van der Waals surface area contributed by atoms with E-state index in [1.807, 2.05) is 7.11 Å². The molecule has 1 fully saturated rings. The van der Waals surface area contributed by atoms with E-state index in [2.05, 4.69) is 42.8 Å². The van der Waals surface area contributed by atoms with Crippen LogP contribution in [0.3, 0.4) is 0 Å². The van der Waals surface area contributed by atoms with E-state index in [-0.39, 0.29) is 0 Å².